The number of amides is 1. The summed E-state index contributed by atoms with van der Waals surface area (Å²) in [6.45, 7) is 3.91. The molecule has 0 aliphatic carbocycles. The van der Waals surface area contributed by atoms with E-state index in [-0.39, 0.29) is 23.8 Å². The van der Waals surface area contributed by atoms with Gasteiger partial charge < -0.3 is 19.4 Å². The summed E-state index contributed by atoms with van der Waals surface area (Å²) in [4.78, 5) is 21.4. The van der Waals surface area contributed by atoms with Crippen molar-refractivity contribution in [2.75, 3.05) is 31.1 Å². The fraction of sp³-hybridized carbons (Fsp3) is 0.355. The van der Waals surface area contributed by atoms with E-state index in [9.17, 15) is 18.0 Å². The number of likely N-dealkylation sites (tertiary alicyclic amines) is 1. The van der Waals surface area contributed by atoms with E-state index in [0.29, 0.717) is 24.4 Å². The second kappa shape index (κ2) is 11.4. The number of nitrogens with zero attached hydrogens (tertiary/aromatic N) is 3. The summed E-state index contributed by atoms with van der Waals surface area (Å²) >= 11 is 0. The Morgan fingerprint density at radius 3 is 2.46 bits per heavy atom. The number of nitrogens with one attached hydrogen (secondary N) is 1. The van der Waals surface area contributed by atoms with Crippen LogP contribution in [0.2, 0.25) is 0 Å². The lowest BCUT2D eigenvalue weighted by atomic mass is 10.1. The smallest absolute Gasteiger partial charge is 0.416 e. The van der Waals surface area contributed by atoms with Crippen molar-refractivity contribution < 1.29 is 27.1 Å². The number of benzene rings is 2. The van der Waals surface area contributed by atoms with E-state index in [1.807, 2.05) is 30.3 Å². The summed E-state index contributed by atoms with van der Waals surface area (Å²) in [5.74, 6) is 0.741. The average molecular weight is 565 g/mol. The summed E-state index contributed by atoms with van der Waals surface area (Å²) in [5.41, 5.74) is 1.95. The van der Waals surface area contributed by atoms with Crippen LogP contribution in [-0.2, 0) is 12.7 Å². The maximum Gasteiger partial charge on any atom is 0.416 e. The average Bonchev–Trinajstić information content (AvgIpc) is 3.60. The van der Waals surface area contributed by atoms with E-state index < -0.39 is 11.7 Å². The third-order valence-corrected chi connectivity index (χ3v) is 7.78. The number of furan rings is 1. The van der Waals surface area contributed by atoms with E-state index in [0.717, 1.165) is 62.1 Å². The number of halogens is 3. The zero-order chi connectivity index (χ0) is 28.4. The Balaban J connectivity index is 1.01. The molecule has 2 aliphatic rings. The van der Waals surface area contributed by atoms with Gasteiger partial charge in [-0.3, -0.25) is 14.7 Å². The first kappa shape index (κ1) is 27.1. The van der Waals surface area contributed by atoms with Crippen LogP contribution in [0.25, 0.3) is 11.0 Å². The lowest BCUT2D eigenvalue weighted by molar-refractivity contribution is -0.137. The molecule has 214 valence electrons. The fourth-order valence-electron chi connectivity index (χ4n) is 5.59. The van der Waals surface area contributed by atoms with Gasteiger partial charge in [0, 0.05) is 75.1 Å². The highest BCUT2D eigenvalue weighted by molar-refractivity contribution is 5.96. The number of carbonyl (C=O) groups excluding carboxylic acids is 1. The van der Waals surface area contributed by atoms with Gasteiger partial charge in [-0.1, -0.05) is 0 Å². The van der Waals surface area contributed by atoms with E-state index in [2.05, 4.69) is 20.1 Å². The second-order valence-electron chi connectivity index (χ2n) is 10.7. The quantitative estimate of drug-likeness (QED) is 0.302. The predicted molar refractivity (Wildman–Crippen MR) is 149 cm³/mol. The lowest BCUT2D eigenvalue weighted by Crippen LogP contribution is -2.38. The zero-order valence-electron chi connectivity index (χ0n) is 22.4. The molecule has 1 unspecified atom stereocenters. The van der Waals surface area contributed by atoms with Crippen LogP contribution in [0.5, 0.6) is 5.75 Å². The normalized spacial score (nSPS) is 18.6. The van der Waals surface area contributed by atoms with E-state index in [1.54, 1.807) is 18.5 Å². The number of carbonyl (C=O) groups is 1. The predicted octanol–water partition coefficient (Wildman–Crippen LogP) is 5.90. The molecule has 2 aromatic carbocycles. The Kier molecular flexibility index (Phi) is 7.57. The number of anilines is 1. The van der Waals surface area contributed by atoms with Gasteiger partial charge in [0.1, 0.15) is 17.4 Å². The minimum Gasteiger partial charge on any atom is -0.490 e. The lowest BCUT2D eigenvalue weighted by Gasteiger charge is -2.33. The van der Waals surface area contributed by atoms with Gasteiger partial charge in [0.05, 0.1) is 5.56 Å². The maximum atomic E-state index is 12.9. The molecule has 0 saturated carbocycles. The Bertz CT molecular complexity index is 1480. The molecule has 1 amide bonds. The molecule has 10 heteroatoms. The first-order valence-electron chi connectivity index (χ1n) is 13.8. The number of fused-ring (bicyclic) bond motifs is 1. The molecule has 2 saturated heterocycles. The van der Waals surface area contributed by atoms with Gasteiger partial charge in [-0.2, -0.15) is 13.2 Å². The second-order valence-corrected chi connectivity index (χ2v) is 10.7. The van der Waals surface area contributed by atoms with Crippen molar-refractivity contribution in [1.29, 1.82) is 0 Å². The van der Waals surface area contributed by atoms with Crippen molar-refractivity contribution >= 4 is 22.6 Å². The molecule has 1 N–H and O–H groups in total. The Hall–Kier alpha value is -4.05. The summed E-state index contributed by atoms with van der Waals surface area (Å²) in [6, 6.07) is 16.6. The van der Waals surface area contributed by atoms with Crippen LogP contribution in [0, 0.1) is 0 Å². The zero-order valence-corrected chi connectivity index (χ0v) is 22.4. The van der Waals surface area contributed by atoms with Crippen molar-refractivity contribution in [3.63, 3.8) is 0 Å². The highest BCUT2D eigenvalue weighted by atomic mass is 19.4. The van der Waals surface area contributed by atoms with Crippen molar-refractivity contribution in [2.24, 2.45) is 0 Å². The molecule has 6 rings (SSSR count). The molecule has 0 bridgehead atoms. The van der Waals surface area contributed by atoms with E-state index >= 15 is 0 Å². The van der Waals surface area contributed by atoms with Gasteiger partial charge in [0.15, 0.2) is 5.76 Å². The molecule has 2 aromatic heterocycles. The van der Waals surface area contributed by atoms with Gasteiger partial charge in [-0.25, -0.2) is 0 Å². The summed E-state index contributed by atoms with van der Waals surface area (Å²) in [6.07, 6.45) is 1.61. The Morgan fingerprint density at radius 1 is 0.976 bits per heavy atom. The van der Waals surface area contributed by atoms with Crippen molar-refractivity contribution in [2.45, 2.75) is 44.1 Å². The first-order chi connectivity index (χ1) is 19.8. The van der Waals surface area contributed by atoms with Crippen molar-refractivity contribution in [3.05, 3.63) is 89.9 Å². The summed E-state index contributed by atoms with van der Waals surface area (Å²) in [7, 11) is 0. The number of pyridine rings is 1. The van der Waals surface area contributed by atoms with Crippen LogP contribution in [0.15, 0.2) is 77.5 Å². The van der Waals surface area contributed by atoms with Crippen LogP contribution in [0.1, 0.15) is 40.9 Å². The SMILES string of the molecule is O=C(NC1CCN(Cc2ccncc2)C1)c1cc2cc(OC3CCN(c4ccc(C(F)(F)F)cc4)CC3)ccc2o1. The summed E-state index contributed by atoms with van der Waals surface area (Å²) in [5, 5.41) is 3.89. The first-order valence-corrected chi connectivity index (χ1v) is 13.8. The molecule has 4 aromatic rings. The molecule has 0 radical (unpaired) electrons. The molecule has 4 heterocycles. The van der Waals surface area contributed by atoms with Crippen molar-refractivity contribution in [3.8, 4) is 5.75 Å². The van der Waals surface area contributed by atoms with Gasteiger partial charge in [0.25, 0.3) is 5.91 Å². The fourth-order valence-corrected chi connectivity index (χ4v) is 5.59. The number of hydrogen-bond donors (Lipinski definition) is 1. The number of aromatic nitrogens is 1. The number of piperidine rings is 1. The topological polar surface area (TPSA) is 70.8 Å². The molecule has 7 nitrogen and oxygen atoms in total. The third-order valence-electron chi connectivity index (χ3n) is 7.78. The van der Waals surface area contributed by atoms with Crippen LogP contribution < -0.4 is 15.0 Å². The molecule has 2 fully saturated rings. The number of ether oxygens (including phenoxy) is 1. The minimum absolute atomic E-state index is 0.00900. The summed E-state index contributed by atoms with van der Waals surface area (Å²) < 4.78 is 50.6. The standard InChI is InChI=1S/C31H31F3N4O3/c32-31(33,34)23-1-3-25(4-2-23)38-15-10-26(11-16-38)40-27-5-6-28-22(17-27)18-29(41-28)30(39)36-24-9-14-37(20-24)19-21-7-12-35-13-8-21/h1-8,12-13,17-18,24,26H,9-11,14-16,19-20H2,(H,36,39). The van der Waals surface area contributed by atoms with Gasteiger partial charge in [-0.15, -0.1) is 0 Å². The maximum absolute atomic E-state index is 12.9. The van der Waals surface area contributed by atoms with Crippen molar-refractivity contribution in [1.82, 2.24) is 15.2 Å². The highest BCUT2D eigenvalue weighted by Crippen LogP contribution is 2.32. The molecular formula is C31H31F3N4O3. The molecule has 2 aliphatic heterocycles. The minimum atomic E-state index is -4.33. The Labute approximate surface area is 235 Å². The van der Waals surface area contributed by atoms with Crippen LogP contribution in [0.4, 0.5) is 18.9 Å². The van der Waals surface area contributed by atoms with Crippen LogP contribution in [-0.4, -0.2) is 54.1 Å². The number of alkyl halides is 3. The number of rotatable bonds is 7. The van der Waals surface area contributed by atoms with Gasteiger partial charge in [-0.05, 0) is 72.6 Å². The third kappa shape index (κ3) is 6.48. The monoisotopic (exact) mass is 564 g/mol. The number of hydrogen-bond acceptors (Lipinski definition) is 6. The van der Waals surface area contributed by atoms with Gasteiger partial charge in [0.2, 0.25) is 0 Å². The molecule has 41 heavy (non-hydrogen) atoms. The molecule has 0 spiro atoms. The van der Waals surface area contributed by atoms with Crippen LogP contribution in [0.3, 0.4) is 0 Å². The Morgan fingerprint density at radius 2 is 1.73 bits per heavy atom. The largest absolute Gasteiger partial charge is 0.490 e. The van der Waals surface area contributed by atoms with E-state index in [1.165, 1.54) is 17.7 Å². The highest BCUT2D eigenvalue weighted by Gasteiger charge is 2.30. The van der Waals surface area contributed by atoms with Crippen LogP contribution >= 0.6 is 0 Å². The van der Waals surface area contributed by atoms with E-state index in [4.69, 9.17) is 9.15 Å². The molecular weight excluding hydrogens is 533 g/mol. The van der Waals surface area contributed by atoms with Gasteiger partial charge >= 0.3 is 6.18 Å². The molecule has 1 atom stereocenters.